The van der Waals surface area contributed by atoms with Gasteiger partial charge < -0.3 is 20.1 Å². The number of benzene rings is 2. The number of fused-ring (bicyclic) bond motifs is 1. The van der Waals surface area contributed by atoms with E-state index in [0.29, 0.717) is 5.75 Å². The van der Waals surface area contributed by atoms with Gasteiger partial charge in [-0.1, -0.05) is 24.3 Å². The Morgan fingerprint density at radius 3 is 2.95 bits per heavy atom. The fraction of sp³-hybridized carbons (Fsp3) is 0.294. The zero-order chi connectivity index (χ0) is 14.7. The molecule has 1 aliphatic heterocycles. The van der Waals surface area contributed by atoms with Crippen molar-refractivity contribution < 1.29 is 9.84 Å². The summed E-state index contributed by atoms with van der Waals surface area (Å²) in [6.07, 6.45) is 0. The normalized spacial score (nSPS) is 14.4. The second-order valence-corrected chi connectivity index (χ2v) is 5.23. The summed E-state index contributed by atoms with van der Waals surface area (Å²) in [5.41, 5.74) is 3.72. The third kappa shape index (κ3) is 2.95. The molecule has 4 nitrogen and oxygen atoms in total. The molecule has 0 unspecified atom stereocenters. The first kappa shape index (κ1) is 13.8. The van der Waals surface area contributed by atoms with E-state index in [1.54, 1.807) is 13.2 Å². The lowest BCUT2D eigenvalue weighted by molar-refractivity contribution is 0.373. The molecule has 3 rings (SSSR count). The molecule has 1 heterocycles. The van der Waals surface area contributed by atoms with Gasteiger partial charge in [-0.05, 0) is 29.3 Å². The van der Waals surface area contributed by atoms with E-state index in [1.807, 2.05) is 12.1 Å². The number of aromatic hydroxyl groups is 1. The molecular weight excluding hydrogens is 264 g/mol. The number of phenolic OH excluding ortho intramolecular Hbond substituents is 1. The predicted octanol–water partition coefficient (Wildman–Crippen LogP) is 2.51. The van der Waals surface area contributed by atoms with Gasteiger partial charge in [0.2, 0.25) is 0 Å². The minimum Gasteiger partial charge on any atom is -0.504 e. The Bertz CT molecular complexity index is 628. The molecule has 21 heavy (non-hydrogen) atoms. The number of phenols is 1. The summed E-state index contributed by atoms with van der Waals surface area (Å²) in [7, 11) is 1.57. The maximum absolute atomic E-state index is 9.69. The third-order valence-corrected chi connectivity index (χ3v) is 3.82. The van der Waals surface area contributed by atoms with Gasteiger partial charge >= 0.3 is 0 Å². The summed E-state index contributed by atoms with van der Waals surface area (Å²) in [6, 6.07) is 14.0. The molecule has 0 atom stereocenters. The van der Waals surface area contributed by atoms with Crippen LogP contribution in [0, 0.1) is 0 Å². The average molecular weight is 284 g/mol. The van der Waals surface area contributed by atoms with Crippen LogP contribution in [0.15, 0.2) is 42.5 Å². The Morgan fingerprint density at radius 2 is 2.10 bits per heavy atom. The largest absolute Gasteiger partial charge is 0.504 e. The molecule has 2 aromatic rings. The number of hydrogen-bond acceptors (Lipinski definition) is 4. The number of para-hydroxylation sites is 1. The predicted molar refractivity (Wildman–Crippen MR) is 83.9 cm³/mol. The Balaban J connectivity index is 1.87. The van der Waals surface area contributed by atoms with Crippen LogP contribution >= 0.6 is 0 Å². The van der Waals surface area contributed by atoms with Gasteiger partial charge in [-0.15, -0.1) is 0 Å². The number of anilines is 1. The molecular formula is C17H20N2O2. The summed E-state index contributed by atoms with van der Waals surface area (Å²) in [5.74, 6) is 0.702. The van der Waals surface area contributed by atoms with E-state index in [1.165, 1.54) is 11.3 Å². The molecule has 4 heteroatoms. The van der Waals surface area contributed by atoms with E-state index in [-0.39, 0.29) is 5.75 Å². The van der Waals surface area contributed by atoms with Crippen molar-refractivity contribution in [2.24, 2.45) is 0 Å². The first-order valence-corrected chi connectivity index (χ1v) is 7.17. The molecule has 0 radical (unpaired) electrons. The third-order valence-electron chi connectivity index (χ3n) is 3.82. The Labute approximate surface area is 125 Å². The number of hydrogen-bond donors (Lipinski definition) is 2. The standard InChI is InChI=1S/C17H20N2O2/c1-21-17-10-13(6-7-16(17)20)12-19-9-8-18-11-14-4-2-3-5-15(14)19/h2-7,10,18,20H,8-9,11-12H2,1H3. The number of nitrogens with zero attached hydrogens (tertiary/aromatic N) is 1. The first-order valence-electron chi connectivity index (χ1n) is 7.17. The summed E-state index contributed by atoms with van der Waals surface area (Å²) in [5, 5.41) is 13.1. The van der Waals surface area contributed by atoms with Crippen LogP contribution in [-0.4, -0.2) is 25.3 Å². The minimum absolute atomic E-state index is 0.180. The summed E-state index contributed by atoms with van der Waals surface area (Å²) in [4.78, 5) is 2.36. The van der Waals surface area contributed by atoms with E-state index in [2.05, 4.69) is 34.5 Å². The molecule has 0 aliphatic carbocycles. The number of ether oxygens (including phenoxy) is 1. The molecule has 2 N–H and O–H groups in total. The maximum Gasteiger partial charge on any atom is 0.160 e. The quantitative estimate of drug-likeness (QED) is 0.909. The van der Waals surface area contributed by atoms with Gasteiger partial charge in [0.1, 0.15) is 0 Å². The van der Waals surface area contributed by atoms with Gasteiger partial charge in [-0.2, -0.15) is 0 Å². The van der Waals surface area contributed by atoms with Crippen molar-refractivity contribution in [2.75, 3.05) is 25.1 Å². The summed E-state index contributed by atoms with van der Waals surface area (Å²) < 4.78 is 5.19. The lowest BCUT2D eigenvalue weighted by Gasteiger charge is -2.25. The van der Waals surface area contributed by atoms with Crippen LogP contribution in [-0.2, 0) is 13.1 Å². The Kier molecular flexibility index (Phi) is 3.97. The van der Waals surface area contributed by atoms with Crippen LogP contribution in [0.4, 0.5) is 5.69 Å². The van der Waals surface area contributed by atoms with E-state index < -0.39 is 0 Å². The summed E-state index contributed by atoms with van der Waals surface area (Å²) in [6.45, 7) is 3.63. The van der Waals surface area contributed by atoms with Crippen molar-refractivity contribution in [2.45, 2.75) is 13.1 Å². The molecule has 0 fully saturated rings. The SMILES string of the molecule is COc1cc(CN2CCNCc3ccccc32)ccc1O. The van der Waals surface area contributed by atoms with Crippen molar-refractivity contribution in [3.8, 4) is 11.5 Å². The smallest absolute Gasteiger partial charge is 0.160 e. The van der Waals surface area contributed by atoms with Crippen LogP contribution in [0.25, 0.3) is 0 Å². The molecule has 0 bridgehead atoms. The highest BCUT2D eigenvalue weighted by Crippen LogP contribution is 2.29. The Hall–Kier alpha value is -2.20. The van der Waals surface area contributed by atoms with E-state index in [4.69, 9.17) is 4.74 Å². The molecule has 2 aromatic carbocycles. The number of rotatable bonds is 3. The maximum atomic E-state index is 9.69. The molecule has 0 saturated carbocycles. The number of methoxy groups -OCH3 is 1. The fourth-order valence-corrected chi connectivity index (χ4v) is 2.73. The summed E-state index contributed by atoms with van der Waals surface area (Å²) >= 11 is 0. The van der Waals surface area contributed by atoms with Crippen molar-refractivity contribution in [1.82, 2.24) is 5.32 Å². The highest BCUT2D eigenvalue weighted by Gasteiger charge is 2.15. The van der Waals surface area contributed by atoms with Gasteiger partial charge in [0.25, 0.3) is 0 Å². The van der Waals surface area contributed by atoms with Gasteiger partial charge in [-0.3, -0.25) is 0 Å². The lowest BCUT2D eigenvalue weighted by atomic mass is 10.1. The molecule has 0 saturated heterocycles. The average Bonchev–Trinajstić information content (AvgIpc) is 2.72. The molecule has 0 spiro atoms. The number of nitrogens with one attached hydrogen (secondary N) is 1. The minimum atomic E-state index is 0.180. The zero-order valence-electron chi connectivity index (χ0n) is 12.2. The van der Waals surface area contributed by atoms with Crippen LogP contribution in [0.3, 0.4) is 0 Å². The highest BCUT2D eigenvalue weighted by molar-refractivity contribution is 5.55. The zero-order valence-corrected chi connectivity index (χ0v) is 12.2. The van der Waals surface area contributed by atoms with Crippen molar-refractivity contribution >= 4 is 5.69 Å². The second kappa shape index (κ2) is 6.06. The van der Waals surface area contributed by atoms with Crippen LogP contribution in [0.2, 0.25) is 0 Å². The van der Waals surface area contributed by atoms with E-state index in [0.717, 1.165) is 31.7 Å². The Morgan fingerprint density at radius 1 is 1.24 bits per heavy atom. The van der Waals surface area contributed by atoms with Gasteiger partial charge in [0.15, 0.2) is 11.5 Å². The van der Waals surface area contributed by atoms with Gasteiger partial charge in [0.05, 0.1) is 7.11 Å². The molecule has 0 amide bonds. The highest BCUT2D eigenvalue weighted by atomic mass is 16.5. The van der Waals surface area contributed by atoms with Crippen molar-refractivity contribution in [1.29, 1.82) is 0 Å². The van der Waals surface area contributed by atoms with Gasteiger partial charge in [0, 0.05) is 31.9 Å². The van der Waals surface area contributed by atoms with E-state index in [9.17, 15) is 5.11 Å². The fourth-order valence-electron chi connectivity index (χ4n) is 2.73. The topological polar surface area (TPSA) is 44.7 Å². The van der Waals surface area contributed by atoms with Crippen molar-refractivity contribution in [3.05, 3.63) is 53.6 Å². The van der Waals surface area contributed by atoms with Crippen LogP contribution in [0.5, 0.6) is 11.5 Å². The molecule has 1 aliphatic rings. The molecule has 0 aromatic heterocycles. The van der Waals surface area contributed by atoms with Gasteiger partial charge in [-0.25, -0.2) is 0 Å². The van der Waals surface area contributed by atoms with E-state index >= 15 is 0 Å². The first-order chi connectivity index (χ1) is 10.3. The lowest BCUT2D eigenvalue weighted by Crippen LogP contribution is -2.28. The van der Waals surface area contributed by atoms with Crippen LogP contribution in [0.1, 0.15) is 11.1 Å². The van der Waals surface area contributed by atoms with Crippen LogP contribution < -0.4 is 15.0 Å². The monoisotopic (exact) mass is 284 g/mol. The molecule has 110 valence electrons. The van der Waals surface area contributed by atoms with Crippen molar-refractivity contribution in [3.63, 3.8) is 0 Å². The second-order valence-electron chi connectivity index (χ2n) is 5.23.